The summed E-state index contributed by atoms with van der Waals surface area (Å²) in [5.74, 6) is 5.78. The van der Waals surface area contributed by atoms with Crippen LogP contribution in [0.2, 0.25) is 0 Å². The molecule has 0 N–H and O–H groups in total. The summed E-state index contributed by atoms with van der Waals surface area (Å²) >= 11 is 0. The highest BCUT2D eigenvalue weighted by atomic mass is 16.5. The van der Waals surface area contributed by atoms with E-state index in [1.807, 2.05) is 25.1 Å². The van der Waals surface area contributed by atoms with E-state index in [4.69, 9.17) is 10.00 Å². The summed E-state index contributed by atoms with van der Waals surface area (Å²) in [6.45, 7) is 1.66. The number of hydrogen-bond donors (Lipinski definition) is 0. The summed E-state index contributed by atoms with van der Waals surface area (Å²) in [5.41, 5.74) is 0. The number of rotatable bonds is 4. The van der Waals surface area contributed by atoms with Crippen molar-refractivity contribution in [2.45, 2.75) is 6.42 Å². The van der Waals surface area contributed by atoms with Crippen molar-refractivity contribution in [2.75, 3.05) is 33.9 Å². The SMILES string of the molecule is CN(C)CC#CCOCCC#N. The van der Waals surface area contributed by atoms with Gasteiger partial charge in [-0.3, -0.25) is 4.90 Å². The smallest absolute Gasteiger partial charge is 0.107 e. The molecule has 0 unspecified atom stereocenters. The van der Waals surface area contributed by atoms with E-state index in [9.17, 15) is 0 Å². The van der Waals surface area contributed by atoms with Gasteiger partial charge in [-0.25, -0.2) is 0 Å². The molecule has 0 bridgehead atoms. The van der Waals surface area contributed by atoms with Crippen LogP contribution >= 0.6 is 0 Å². The Balaban J connectivity index is 3.17. The van der Waals surface area contributed by atoms with Crippen LogP contribution in [0.3, 0.4) is 0 Å². The van der Waals surface area contributed by atoms with Crippen molar-refractivity contribution in [1.82, 2.24) is 4.90 Å². The van der Waals surface area contributed by atoms with Crippen molar-refractivity contribution in [3.05, 3.63) is 0 Å². The third-order valence-corrected chi connectivity index (χ3v) is 1.05. The molecule has 0 aromatic carbocycles. The number of nitrogens with zero attached hydrogens (tertiary/aromatic N) is 2. The van der Waals surface area contributed by atoms with Gasteiger partial charge in [0.25, 0.3) is 0 Å². The predicted molar refractivity (Wildman–Crippen MR) is 47.4 cm³/mol. The molecule has 0 saturated carbocycles. The lowest BCUT2D eigenvalue weighted by atomic mass is 10.5. The van der Waals surface area contributed by atoms with Crippen molar-refractivity contribution < 1.29 is 4.74 Å². The van der Waals surface area contributed by atoms with Crippen LogP contribution in [-0.2, 0) is 4.74 Å². The summed E-state index contributed by atoms with van der Waals surface area (Å²) < 4.78 is 5.04. The molecule has 0 amide bonds. The van der Waals surface area contributed by atoms with E-state index in [1.54, 1.807) is 0 Å². The normalized spacial score (nSPS) is 8.83. The van der Waals surface area contributed by atoms with E-state index in [2.05, 4.69) is 11.8 Å². The van der Waals surface area contributed by atoms with Gasteiger partial charge in [0.05, 0.1) is 25.6 Å². The van der Waals surface area contributed by atoms with Gasteiger partial charge in [0.1, 0.15) is 6.61 Å². The van der Waals surface area contributed by atoms with Gasteiger partial charge < -0.3 is 4.74 Å². The molecule has 0 spiro atoms. The maximum atomic E-state index is 8.17. The molecule has 3 heteroatoms. The van der Waals surface area contributed by atoms with Crippen LogP contribution in [0.4, 0.5) is 0 Å². The fourth-order valence-corrected chi connectivity index (χ4v) is 0.506. The van der Waals surface area contributed by atoms with Crippen LogP contribution < -0.4 is 0 Å². The van der Waals surface area contributed by atoms with Crippen LogP contribution in [0.1, 0.15) is 6.42 Å². The van der Waals surface area contributed by atoms with Gasteiger partial charge in [-0.2, -0.15) is 5.26 Å². The van der Waals surface area contributed by atoms with Crippen molar-refractivity contribution in [1.29, 1.82) is 5.26 Å². The first kappa shape index (κ1) is 11.0. The van der Waals surface area contributed by atoms with E-state index in [-0.39, 0.29) is 0 Å². The van der Waals surface area contributed by atoms with Crippen molar-refractivity contribution in [3.63, 3.8) is 0 Å². The molecule has 0 fully saturated rings. The first-order valence-corrected chi connectivity index (χ1v) is 3.82. The molecule has 0 rings (SSSR count). The van der Waals surface area contributed by atoms with Crippen LogP contribution in [0.15, 0.2) is 0 Å². The Hall–Kier alpha value is -1.03. The highest BCUT2D eigenvalue weighted by Gasteiger charge is 1.82. The molecule has 0 aromatic heterocycles. The first-order chi connectivity index (χ1) is 5.77. The van der Waals surface area contributed by atoms with Gasteiger partial charge in [0.2, 0.25) is 0 Å². The largest absolute Gasteiger partial charge is 0.368 e. The van der Waals surface area contributed by atoms with Crippen LogP contribution in [0.25, 0.3) is 0 Å². The molecule has 0 aliphatic carbocycles. The molecular weight excluding hydrogens is 152 g/mol. The minimum atomic E-state index is 0.426. The van der Waals surface area contributed by atoms with Crippen molar-refractivity contribution in [3.8, 4) is 17.9 Å². The molecule has 0 saturated heterocycles. The van der Waals surface area contributed by atoms with E-state index < -0.39 is 0 Å². The second kappa shape index (κ2) is 8.07. The number of ether oxygens (including phenoxy) is 1. The molecule has 0 aliphatic rings. The zero-order valence-electron chi connectivity index (χ0n) is 7.63. The van der Waals surface area contributed by atoms with Crippen LogP contribution in [-0.4, -0.2) is 38.8 Å². The third kappa shape index (κ3) is 8.97. The summed E-state index contributed by atoms with van der Waals surface area (Å²) in [6.07, 6.45) is 0.440. The lowest BCUT2D eigenvalue weighted by Crippen LogP contribution is -2.11. The number of hydrogen-bond acceptors (Lipinski definition) is 3. The number of nitriles is 1. The Bertz CT molecular complexity index is 195. The molecular formula is C9H14N2O. The van der Waals surface area contributed by atoms with E-state index in [0.29, 0.717) is 19.6 Å². The standard InChI is InChI=1S/C9H14N2O/c1-11(2)7-3-4-8-12-9-5-6-10/h5,7-9H2,1-2H3. The van der Waals surface area contributed by atoms with Gasteiger partial charge >= 0.3 is 0 Å². The Kier molecular flexibility index (Phi) is 7.38. The summed E-state index contributed by atoms with van der Waals surface area (Å²) in [6, 6.07) is 2.00. The Labute approximate surface area is 73.9 Å². The first-order valence-electron chi connectivity index (χ1n) is 3.82. The lowest BCUT2D eigenvalue weighted by Gasteiger charge is -2.00. The zero-order chi connectivity index (χ0) is 9.23. The monoisotopic (exact) mass is 166 g/mol. The van der Waals surface area contributed by atoms with Crippen LogP contribution in [0.5, 0.6) is 0 Å². The predicted octanol–water partition coefficient (Wildman–Crippen LogP) is 0.482. The molecule has 0 aromatic rings. The second-order valence-electron chi connectivity index (χ2n) is 2.55. The molecule has 66 valence electrons. The minimum absolute atomic E-state index is 0.426. The maximum Gasteiger partial charge on any atom is 0.107 e. The highest BCUT2D eigenvalue weighted by molar-refractivity contribution is 5.00. The lowest BCUT2D eigenvalue weighted by molar-refractivity contribution is 0.173. The minimum Gasteiger partial charge on any atom is -0.368 e. The Morgan fingerprint density at radius 2 is 2.08 bits per heavy atom. The fourth-order valence-electron chi connectivity index (χ4n) is 0.506. The average molecular weight is 166 g/mol. The summed E-state index contributed by atoms with van der Waals surface area (Å²) in [4.78, 5) is 1.99. The molecule has 0 aliphatic heterocycles. The zero-order valence-corrected chi connectivity index (χ0v) is 7.63. The van der Waals surface area contributed by atoms with Gasteiger partial charge in [0, 0.05) is 0 Å². The second-order valence-corrected chi connectivity index (χ2v) is 2.55. The van der Waals surface area contributed by atoms with Crippen molar-refractivity contribution in [2.24, 2.45) is 0 Å². The van der Waals surface area contributed by atoms with Crippen molar-refractivity contribution >= 4 is 0 Å². The fraction of sp³-hybridized carbons (Fsp3) is 0.667. The summed E-state index contributed by atoms with van der Waals surface area (Å²) in [7, 11) is 3.93. The van der Waals surface area contributed by atoms with E-state index in [1.165, 1.54) is 0 Å². The van der Waals surface area contributed by atoms with Gasteiger partial charge in [-0.15, -0.1) is 0 Å². The molecule has 0 atom stereocenters. The molecule has 3 nitrogen and oxygen atoms in total. The Morgan fingerprint density at radius 1 is 1.33 bits per heavy atom. The highest BCUT2D eigenvalue weighted by Crippen LogP contribution is 1.78. The summed E-state index contributed by atoms with van der Waals surface area (Å²) in [5, 5.41) is 8.17. The van der Waals surface area contributed by atoms with Gasteiger partial charge in [-0.1, -0.05) is 11.8 Å². The topological polar surface area (TPSA) is 36.3 Å². The molecule has 0 heterocycles. The third-order valence-electron chi connectivity index (χ3n) is 1.05. The van der Waals surface area contributed by atoms with E-state index in [0.717, 1.165) is 6.54 Å². The van der Waals surface area contributed by atoms with Gasteiger partial charge in [0.15, 0.2) is 0 Å². The average Bonchev–Trinajstić information content (AvgIpc) is 2.02. The Morgan fingerprint density at radius 3 is 2.67 bits per heavy atom. The van der Waals surface area contributed by atoms with E-state index >= 15 is 0 Å². The quantitative estimate of drug-likeness (QED) is 0.450. The maximum absolute atomic E-state index is 8.17. The molecule has 0 radical (unpaired) electrons. The van der Waals surface area contributed by atoms with Crippen LogP contribution in [0, 0.1) is 23.2 Å². The van der Waals surface area contributed by atoms with Gasteiger partial charge in [-0.05, 0) is 14.1 Å². The molecule has 12 heavy (non-hydrogen) atoms.